The van der Waals surface area contributed by atoms with Crippen molar-refractivity contribution < 1.29 is 4.79 Å². The fourth-order valence-electron chi connectivity index (χ4n) is 1.05. The van der Waals surface area contributed by atoms with Crippen molar-refractivity contribution in [2.45, 2.75) is 20.8 Å². The molecule has 2 nitrogen and oxygen atoms in total. The standard InChI is InChI=1S/C11H17NO/c1-5-11(7-12-8-13)10(4)6-9(2)3/h5-6,8H,1,7H2,2-4H3,(H,12,13)/b11-10+. The van der Waals surface area contributed by atoms with Crippen LogP contribution in [0, 0.1) is 0 Å². The highest BCUT2D eigenvalue weighted by Gasteiger charge is 1.94. The van der Waals surface area contributed by atoms with E-state index in [0.717, 1.165) is 11.1 Å². The van der Waals surface area contributed by atoms with Gasteiger partial charge < -0.3 is 5.32 Å². The maximum Gasteiger partial charge on any atom is 0.207 e. The summed E-state index contributed by atoms with van der Waals surface area (Å²) in [4.78, 5) is 10.1. The van der Waals surface area contributed by atoms with E-state index in [4.69, 9.17) is 0 Å². The first kappa shape index (κ1) is 11.7. The van der Waals surface area contributed by atoms with Gasteiger partial charge in [0.25, 0.3) is 0 Å². The molecule has 0 aliphatic rings. The van der Waals surface area contributed by atoms with Crippen molar-refractivity contribution in [2.75, 3.05) is 6.54 Å². The molecule has 1 amide bonds. The van der Waals surface area contributed by atoms with E-state index in [1.54, 1.807) is 6.08 Å². The van der Waals surface area contributed by atoms with Crippen LogP contribution in [0.4, 0.5) is 0 Å². The fraction of sp³-hybridized carbons (Fsp3) is 0.364. The second-order valence-corrected chi connectivity index (χ2v) is 3.13. The smallest absolute Gasteiger partial charge is 0.207 e. The number of nitrogens with one attached hydrogen (secondary N) is 1. The van der Waals surface area contributed by atoms with Crippen LogP contribution in [-0.4, -0.2) is 13.0 Å². The lowest BCUT2D eigenvalue weighted by molar-refractivity contribution is -0.109. The van der Waals surface area contributed by atoms with E-state index in [-0.39, 0.29) is 0 Å². The summed E-state index contributed by atoms with van der Waals surface area (Å²) in [5.74, 6) is 0. The first-order chi connectivity index (χ1) is 6.11. The van der Waals surface area contributed by atoms with Crippen LogP contribution in [0.1, 0.15) is 20.8 Å². The summed E-state index contributed by atoms with van der Waals surface area (Å²) in [5.41, 5.74) is 3.43. The highest BCUT2D eigenvalue weighted by molar-refractivity contribution is 5.48. The monoisotopic (exact) mass is 179 g/mol. The normalized spacial score (nSPS) is 11.3. The molecule has 0 aliphatic carbocycles. The molecular weight excluding hydrogens is 162 g/mol. The van der Waals surface area contributed by atoms with Crippen molar-refractivity contribution in [3.63, 3.8) is 0 Å². The Labute approximate surface area is 80.0 Å². The zero-order valence-electron chi connectivity index (χ0n) is 8.55. The Morgan fingerprint density at radius 3 is 2.38 bits per heavy atom. The molecule has 13 heavy (non-hydrogen) atoms. The lowest BCUT2D eigenvalue weighted by Crippen LogP contribution is -2.14. The molecule has 0 heterocycles. The Kier molecular flexibility index (Phi) is 5.60. The van der Waals surface area contributed by atoms with Gasteiger partial charge in [-0.15, -0.1) is 0 Å². The Hall–Kier alpha value is -1.31. The minimum Gasteiger partial charge on any atom is -0.355 e. The van der Waals surface area contributed by atoms with Gasteiger partial charge in [-0.3, -0.25) is 4.79 Å². The molecule has 0 bridgehead atoms. The summed E-state index contributed by atoms with van der Waals surface area (Å²) in [6.45, 7) is 10.3. The van der Waals surface area contributed by atoms with Gasteiger partial charge in [-0.05, 0) is 31.9 Å². The van der Waals surface area contributed by atoms with Crippen LogP contribution in [0.15, 0.2) is 35.5 Å². The van der Waals surface area contributed by atoms with Gasteiger partial charge in [0.05, 0.1) is 0 Å². The summed E-state index contributed by atoms with van der Waals surface area (Å²) in [6.07, 6.45) is 4.54. The third-order valence-electron chi connectivity index (χ3n) is 1.63. The largest absolute Gasteiger partial charge is 0.355 e. The molecule has 0 aromatic rings. The molecule has 0 radical (unpaired) electrons. The van der Waals surface area contributed by atoms with E-state index in [1.807, 2.05) is 20.8 Å². The molecule has 0 saturated carbocycles. The second-order valence-electron chi connectivity index (χ2n) is 3.13. The van der Waals surface area contributed by atoms with E-state index in [2.05, 4.69) is 18.0 Å². The number of carbonyl (C=O) groups is 1. The zero-order chi connectivity index (χ0) is 10.3. The zero-order valence-corrected chi connectivity index (χ0v) is 8.55. The molecule has 0 spiro atoms. The highest BCUT2D eigenvalue weighted by atomic mass is 16.1. The summed E-state index contributed by atoms with van der Waals surface area (Å²) >= 11 is 0. The third kappa shape index (κ3) is 5.01. The predicted molar refractivity (Wildman–Crippen MR) is 56.4 cm³/mol. The van der Waals surface area contributed by atoms with Crippen LogP contribution >= 0.6 is 0 Å². The fourth-order valence-corrected chi connectivity index (χ4v) is 1.05. The van der Waals surface area contributed by atoms with E-state index in [1.165, 1.54) is 5.57 Å². The molecule has 0 fully saturated rings. The number of hydrogen-bond donors (Lipinski definition) is 1. The molecule has 0 aromatic carbocycles. The van der Waals surface area contributed by atoms with Gasteiger partial charge in [0, 0.05) is 6.54 Å². The maximum atomic E-state index is 10.1. The molecule has 0 atom stereocenters. The molecule has 0 unspecified atom stereocenters. The first-order valence-electron chi connectivity index (χ1n) is 4.26. The SMILES string of the molecule is C=C/C(CNC=O)=C(/C)C=C(C)C. The molecule has 2 heteroatoms. The number of amides is 1. The van der Waals surface area contributed by atoms with Gasteiger partial charge >= 0.3 is 0 Å². The number of carbonyl (C=O) groups excluding carboxylic acids is 1. The van der Waals surface area contributed by atoms with Gasteiger partial charge in [-0.25, -0.2) is 0 Å². The molecular formula is C11H17NO. The molecule has 0 saturated heterocycles. The average molecular weight is 179 g/mol. The Bertz CT molecular complexity index is 245. The number of rotatable bonds is 5. The number of allylic oxidation sites excluding steroid dienone is 3. The van der Waals surface area contributed by atoms with Crippen LogP contribution in [0.25, 0.3) is 0 Å². The third-order valence-corrected chi connectivity index (χ3v) is 1.63. The minimum atomic E-state index is 0.544. The van der Waals surface area contributed by atoms with Crippen LogP contribution in [-0.2, 0) is 4.79 Å². The molecule has 0 aliphatic heterocycles. The van der Waals surface area contributed by atoms with Crippen LogP contribution in [0.2, 0.25) is 0 Å². The summed E-state index contributed by atoms with van der Waals surface area (Å²) in [6, 6.07) is 0. The molecule has 1 N–H and O–H groups in total. The summed E-state index contributed by atoms with van der Waals surface area (Å²) in [5, 5.41) is 2.61. The molecule has 72 valence electrons. The van der Waals surface area contributed by atoms with Crippen molar-refractivity contribution in [3.05, 3.63) is 35.5 Å². The van der Waals surface area contributed by atoms with Crippen LogP contribution in [0.5, 0.6) is 0 Å². The number of hydrogen-bond acceptors (Lipinski definition) is 1. The van der Waals surface area contributed by atoms with E-state index < -0.39 is 0 Å². The van der Waals surface area contributed by atoms with Crippen molar-refractivity contribution >= 4 is 6.41 Å². The highest BCUT2D eigenvalue weighted by Crippen LogP contribution is 2.08. The quantitative estimate of drug-likeness (QED) is 0.508. The maximum absolute atomic E-state index is 10.1. The molecule has 0 aromatic heterocycles. The minimum absolute atomic E-state index is 0.544. The Balaban J connectivity index is 4.58. The van der Waals surface area contributed by atoms with Gasteiger partial charge in [0.1, 0.15) is 0 Å². The predicted octanol–water partition coefficient (Wildman–Crippen LogP) is 2.20. The van der Waals surface area contributed by atoms with Gasteiger partial charge in [-0.1, -0.05) is 24.3 Å². The second kappa shape index (κ2) is 6.23. The lowest BCUT2D eigenvalue weighted by atomic mass is 10.1. The van der Waals surface area contributed by atoms with Crippen LogP contribution < -0.4 is 5.32 Å². The van der Waals surface area contributed by atoms with Gasteiger partial charge in [-0.2, -0.15) is 0 Å². The van der Waals surface area contributed by atoms with E-state index in [0.29, 0.717) is 13.0 Å². The average Bonchev–Trinajstić information content (AvgIpc) is 2.04. The van der Waals surface area contributed by atoms with Crippen molar-refractivity contribution in [2.24, 2.45) is 0 Å². The van der Waals surface area contributed by atoms with E-state index >= 15 is 0 Å². The van der Waals surface area contributed by atoms with Crippen molar-refractivity contribution in [1.82, 2.24) is 5.32 Å². The first-order valence-corrected chi connectivity index (χ1v) is 4.26. The van der Waals surface area contributed by atoms with Crippen molar-refractivity contribution in [1.29, 1.82) is 0 Å². The van der Waals surface area contributed by atoms with E-state index in [9.17, 15) is 4.79 Å². The Morgan fingerprint density at radius 2 is 2.00 bits per heavy atom. The summed E-state index contributed by atoms with van der Waals surface area (Å²) in [7, 11) is 0. The van der Waals surface area contributed by atoms with Gasteiger partial charge in [0.15, 0.2) is 0 Å². The molecule has 0 rings (SSSR count). The topological polar surface area (TPSA) is 29.1 Å². The van der Waals surface area contributed by atoms with Crippen molar-refractivity contribution in [3.8, 4) is 0 Å². The lowest BCUT2D eigenvalue weighted by Gasteiger charge is -2.04. The van der Waals surface area contributed by atoms with Crippen LogP contribution in [0.3, 0.4) is 0 Å². The summed E-state index contributed by atoms with van der Waals surface area (Å²) < 4.78 is 0. The Morgan fingerprint density at radius 1 is 1.38 bits per heavy atom. The van der Waals surface area contributed by atoms with Gasteiger partial charge in [0.2, 0.25) is 6.41 Å².